The van der Waals surface area contributed by atoms with Crippen LogP contribution in [0.1, 0.15) is 5.69 Å². The molecule has 0 saturated heterocycles. The molecule has 0 saturated carbocycles. The fraction of sp³-hybridized carbons (Fsp3) is 0.0769. The molecule has 0 aliphatic rings. The van der Waals surface area contributed by atoms with Crippen molar-refractivity contribution >= 4 is 43.6 Å². The minimum Gasteiger partial charge on any atom is -0.279 e. The van der Waals surface area contributed by atoms with E-state index in [-0.39, 0.29) is 16.4 Å². The van der Waals surface area contributed by atoms with Crippen LogP contribution in [0.25, 0.3) is 4.96 Å². The molecule has 3 aromatic rings. The van der Waals surface area contributed by atoms with Gasteiger partial charge >= 0.3 is 0 Å². The molecular weight excluding hydrogens is 365 g/mol. The van der Waals surface area contributed by atoms with Gasteiger partial charge in [-0.25, -0.2) is 17.8 Å². The van der Waals surface area contributed by atoms with Gasteiger partial charge in [-0.15, -0.1) is 11.3 Å². The van der Waals surface area contributed by atoms with E-state index in [1.807, 2.05) is 0 Å². The number of anilines is 1. The molecular formula is C13H9ClFN3O3S2. The normalized spacial score (nSPS) is 11.8. The zero-order valence-electron chi connectivity index (χ0n) is 11.6. The van der Waals surface area contributed by atoms with Crippen molar-refractivity contribution in [2.75, 3.05) is 4.72 Å². The third kappa shape index (κ3) is 2.82. The van der Waals surface area contributed by atoms with Crippen molar-refractivity contribution < 1.29 is 12.8 Å². The molecule has 2 heterocycles. The Hall–Kier alpha value is -1.97. The molecule has 2 aromatic heterocycles. The average Bonchev–Trinajstić information content (AvgIpc) is 2.90. The van der Waals surface area contributed by atoms with Crippen molar-refractivity contribution in [3.63, 3.8) is 0 Å². The maximum Gasteiger partial charge on any atom is 0.279 e. The maximum atomic E-state index is 13.2. The number of benzene rings is 1. The van der Waals surface area contributed by atoms with Gasteiger partial charge in [-0.3, -0.25) is 13.9 Å². The van der Waals surface area contributed by atoms with Crippen LogP contribution in [0.15, 0.2) is 39.5 Å². The predicted octanol–water partition coefficient (Wildman–Crippen LogP) is 2.66. The number of nitrogens with one attached hydrogen (secondary N) is 1. The number of aromatic nitrogens is 2. The average molecular weight is 374 g/mol. The smallest absolute Gasteiger partial charge is 0.279 e. The zero-order valence-corrected chi connectivity index (χ0v) is 14.0. The molecule has 0 aliphatic carbocycles. The van der Waals surface area contributed by atoms with E-state index < -0.39 is 26.3 Å². The highest BCUT2D eigenvalue weighted by Crippen LogP contribution is 2.22. The molecule has 0 atom stereocenters. The lowest BCUT2D eigenvalue weighted by molar-refractivity contribution is 0.598. The summed E-state index contributed by atoms with van der Waals surface area (Å²) < 4.78 is 41.5. The number of nitrogens with zero attached hydrogens (tertiary/aromatic N) is 2. The number of fused-ring (bicyclic) bond motifs is 1. The van der Waals surface area contributed by atoms with Gasteiger partial charge in [-0.05, 0) is 25.1 Å². The molecule has 6 nitrogen and oxygen atoms in total. The summed E-state index contributed by atoms with van der Waals surface area (Å²) in [4.78, 5) is 16.4. The van der Waals surface area contributed by atoms with E-state index in [1.165, 1.54) is 30.5 Å². The Morgan fingerprint density at radius 1 is 1.39 bits per heavy atom. The summed E-state index contributed by atoms with van der Waals surface area (Å²) in [7, 11) is -4.20. The number of thiazole rings is 1. The number of halogens is 2. The molecule has 0 unspecified atom stereocenters. The second-order valence-corrected chi connectivity index (χ2v) is 7.52. The van der Waals surface area contributed by atoms with Crippen molar-refractivity contribution in [2.45, 2.75) is 11.8 Å². The summed E-state index contributed by atoms with van der Waals surface area (Å²) in [5.74, 6) is -0.674. The van der Waals surface area contributed by atoms with Crippen LogP contribution in [0, 0.1) is 12.7 Å². The van der Waals surface area contributed by atoms with Crippen LogP contribution in [-0.2, 0) is 10.0 Å². The summed E-state index contributed by atoms with van der Waals surface area (Å²) in [5, 5.41) is 1.40. The van der Waals surface area contributed by atoms with Crippen molar-refractivity contribution in [1.82, 2.24) is 9.38 Å². The van der Waals surface area contributed by atoms with Gasteiger partial charge in [-0.1, -0.05) is 11.6 Å². The highest BCUT2D eigenvalue weighted by Gasteiger charge is 2.24. The molecule has 0 fully saturated rings. The standard InChI is InChI=1S/C13H9ClFN3O3S2/c1-7-11(12(19)18-4-5-22-13(18)16-7)23(20,21)17-8-2-3-10(15)9(14)6-8/h2-6,17H,1H3. The third-order valence-electron chi connectivity index (χ3n) is 3.04. The van der Waals surface area contributed by atoms with E-state index in [0.29, 0.717) is 4.96 Å². The molecule has 10 heteroatoms. The highest BCUT2D eigenvalue weighted by atomic mass is 35.5. The van der Waals surface area contributed by atoms with E-state index in [1.54, 1.807) is 5.38 Å². The number of aryl methyl sites for hydroxylation is 1. The summed E-state index contributed by atoms with van der Waals surface area (Å²) in [6, 6.07) is 3.36. The van der Waals surface area contributed by atoms with E-state index in [0.717, 1.165) is 16.5 Å². The fourth-order valence-electron chi connectivity index (χ4n) is 2.04. The Balaban J connectivity index is 2.12. The van der Waals surface area contributed by atoms with Crippen LogP contribution in [0.5, 0.6) is 0 Å². The van der Waals surface area contributed by atoms with Gasteiger partial charge in [-0.2, -0.15) is 0 Å². The second kappa shape index (κ2) is 5.59. The molecule has 0 aliphatic heterocycles. The Bertz CT molecular complexity index is 1080. The van der Waals surface area contributed by atoms with Gasteiger partial charge < -0.3 is 0 Å². The van der Waals surface area contributed by atoms with E-state index in [4.69, 9.17) is 11.6 Å². The molecule has 120 valence electrons. The molecule has 0 amide bonds. The molecule has 0 radical (unpaired) electrons. The minimum atomic E-state index is -4.20. The van der Waals surface area contributed by atoms with Gasteiger partial charge in [0.15, 0.2) is 9.86 Å². The largest absolute Gasteiger partial charge is 0.279 e. The van der Waals surface area contributed by atoms with E-state index in [2.05, 4.69) is 9.71 Å². The monoisotopic (exact) mass is 373 g/mol. The SMILES string of the molecule is Cc1nc2sccn2c(=O)c1S(=O)(=O)Nc1ccc(F)c(Cl)c1. The van der Waals surface area contributed by atoms with Crippen LogP contribution in [0.3, 0.4) is 0 Å². The number of rotatable bonds is 3. The topological polar surface area (TPSA) is 80.5 Å². The Labute approximate surface area is 139 Å². The van der Waals surface area contributed by atoms with Crippen molar-refractivity contribution in [1.29, 1.82) is 0 Å². The summed E-state index contributed by atoms with van der Waals surface area (Å²) in [6.07, 6.45) is 1.45. The Morgan fingerprint density at radius 3 is 2.83 bits per heavy atom. The van der Waals surface area contributed by atoms with Crippen LogP contribution in [0.4, 0.5) is 10.1 Å². The lowest BCUT2D eigenvalue weighted by Gasteiger charge is -2.10. The lowest BCUT2D eigenvalue weighted by Crippen LogP contribution is -2.27. The molecule has 23 heavy (non-hydrogen) atoms. The first-order valence-electron chi connectivity index (χ1n) is 6.24. The van der Waals surface area contributed by atoms with Crippen LogP contribution < -0.4 is 10.3 Å². The molecule has 3 rings (SSSR count). The highest BCUT2D eigenvalue weighted by molar-refractivity contribution is 7.92. The fourth-order valence-corrected chi connectivity index (χ4v) is 4.27. The lowest BCUT2D eigenvalue weighted by atomic mass is 10.3. The zero-order chi connectivity index (χ0) is 16.8. The van der Waals surface area contributed by atoms with Crippen LogP contribution >= 0.6 is 22.9 Å². The van der Waals surface area contributed by atoms with E-state index in [9.17, 15) is 17.6 Å². The maximum absolute atomic E-state index is 13.2. The van der Waals surface area contributed by atoms with Gasteiger partial charge in [0.2, 0.25) is 0 Å². The summed E-state index contributed by atoms with van der Waals surface area (Å²) in [6.45, 7) is 1.44. The van der Waals surface area contributed by atoms with Gasteiger partial charge in [0.05, 0.1) is 16.4 Å². The second-order valence-electron chi connectivity index (χ2n) is 4.62. The Morgan fingerprint density at radius 2 is 2.13 bits per heavy atom. The summed E-state index contributed by atoms with van der Waals surface area (Å²) in [5.41, 5.74) is -0.571. The minimum absolute atomic E-state index is 0.0469. The predicted molar refractivity (Wildman–Crippen MR) is 86.3 cm³/mol. The number of hydrogen-bond acceptors (Lipinski definition) is 5. The molecule has 0 spiro atoms. The van der Waals surface area contributed by atoms with Crippen molar-refractivity contribution in [2.24, 2.45) is 0 Å². The first kappa shape index (κ1) is 15.9. The van der Waals surface area contributed by atoms with E-state index >= 15 is 0 Å². The van der Waals surface area contributed by atoms with Gasteiger partial charge in [0, 0.05) is 11.6 Å². The molecule has 0 bridgehead atoms. The summed E-state index contributed by atoms with van der Waals surface area (Å²) >= 11 is 6.85. The van der Waals surface area contributed by atoms with Crippen LogP contribution in [-0.4, -0.2) is 17.8 Å². The third-order valence-corrected chi connectivity index (χ3v) is 5.59. The molecule has 1 N–H and O–H groups in total. The first-order valence-corrected chi connectivity index (χ1v) is 8.98. The van der Waals surface area contributed by atoms with Gasteiger partial charge in [0.25, 0.3) is 15.6 Å². The van der Waals surface area contributed by atoms with Crippen molar-refractivity contribution in [3.8, 4) is 0 Å². The quantitative estimate of drug-likeness (QED) is 0.765. The molecule has 1 aromatic carbocycles. The first-order chi connectivity index (χ1) is 10.8. The number of hydrogen-bond donors (Lipinski definition) is 1. The number of sulfonamides is 1. The van der Waals surface area contributed by atoms with Crippen molar-refractivity contribution in [3.05, 3.63) is 56.7 Å². The van der Waals surface area contributed by atoms with Gasteiger partial charge in [0.1, 0.15) is 5.82 Å². The van der Waals surface area contributed by atoms with Crippen LogP contribution in [0.2, 0.25) is 5.02 Å². The Kier molecular flexibility index (Phi) is 3.86.